The van der Waals surface area contributed by atoms with E-state index in [1.807, 2.05) is 41.8 Å². The fourth-order valence-electron chi connectivity index (χ4n) is 5.11. The maximum Gasteiger partial charge on any atom is 0.387 e. The van der Waals surface area contributed by atoms with Crippen LogP contribution >= 0.6 is 18.5 Å². The summed E-state index contributed by atoms with van der Waals surface area (Å²) in [5, 5.41) is 10.2. The number of alkyl halides is 2. The Morgan fingerprint density at radius 1 is 1.10 bits per heavy atom. The number of amides is 1. The second-order valence-electron chi connectivity index (χ2n) is 9.25. The van der Waals surface area contributed by atoms with E-state index in [9.17, 15) is 18.4 Å². The van der Waals surface area contributed by atoms with Gasteiger partial charge in [-0.1, -0.05) is 0 Å². The van der Waals surface area contributed by atoms with Gasteiger partial charge in [-0.25, -0.2) is 0 Å². The molecule has 0 bridgehead atoms. The Morgan fingerprint density at radius 2 is 1.79 bits per heavy atom. The van der Waals surface area contributed by atoms with E-state index in [1.165, 1.54) is 24.3 Å². The van der Waals surface area contributed by atoms with Gasteiger partial charge in [0.15, 0.2) is 11.4 Å². The van der Waals surface area contributed by atoms with Crippen molar-refractivity contribution in [1.82, 2.24) is 14.6 Å². The van der Waals surface area contributed by atoms with Crippen molar-refractivity contribution in [2.75, 3.05) is 18.6 Å². The molecule has 2 aromatic carbocycles. The topological polar surface area (TPSA) is 86.0 Å². The van der Waals surface area contributed by atoms with E-state index in [0.29, 0.717) is 35.0 Å². The van der Waals surface area contributed by atoms with Crippen LogP contribution in [0.3, 0.4) is 0 Å². The molecule has 0 saturated carbocycles. The summed E-state index contributed by atoms with van der Waals surface area (Å²) in [5.41, 5.74) is 2.39. The number of fused-ring (bicyclic) bond motifs is 1. The van der Waals surface area contributed by atoms with Gasteiger partial charge in [0.1, 0.15) is 17.3 Å². The van der Waals surface area contributed by atoms with Crippen molar-refractivity contribution in [2.45, 2.75) is 25.9 Å². The Kier molecular flexibility index (Phi) is 7.61. The number of benzene rings is 2. The summed E-state index contributed by atoms with van der Waals surface area (Å²) >= 11 is 0. The lowest BCUT2D eigenvalue weighted by molar-refractivity contribution is -0.120. The molecule has 3 heterocycles. The Labute approximate surface area is 228 Å². The summed E-state index contributed by atoms with van der Waals surface area (Å²) in [6, 6.07) is 12.9. The van der Waals surface area contributed by atoms with Crippen LogP contribution in [0, 0.1) is 12.8 Å². The number of carbonyl (C=O) groups is 2. The molecule has 1 fully saturated rings. The van der Waals surface area contributed by atoms with E-state index in [2.05, 4.69) is 33.4 Å². The largest absolute Gasteiger partial charge is 0.497 e. The number of Topliss-reactive ketones (excluding diaryl/α,β-unsaturated/α-hetero) is 1. The second-order valence-corrected chi connectivity index (χ2v) is 10.5. The fraction of sp³-hybridized carbons (Fsp3) is 0.259. The maximum atomic E-state index is 14.0. The first kappa shape index (κ1) is 27.1. The maximum absolute atomic E-state index is 14.0. The molecule has 4 atom stereocenters. The van der Waals surface area contributed by atoms with Gasteiger partial charge in [0.2, 0.25) is 5.91 Å². The number of carbonyl (C=O) groups excluding carboxylic acids is 2. The van der Waals surface area contributed by atoms with Gasteiger partial charge in [0.25, 0.3) is 0 Å². The van der Waals surface area contributed by atoms with Crippen molar-refractivity contribution in [3.05, 3.63) is 71.7 Å². The van der Waals surface area contributed by atoms with E-state index >= 15 is 0 Å². The van der Waals surface area contributed by atoms with Crippen molar-refractivity contribution < 1.29 is 27.8 Å². The molecule has 0 aliphatic carbocycles. The number of anilines is 1. The second kappa shape index (κ2) is 10.9. The molecule has 1 aliphatic heterocycles. The van der Waals surface area contributed by atoms with Crippen molar-refractivity contribution in [3.8, 4) is 11.5 Å². The van der Waals surface area contributed by atoms with Gasteiger partial charge in [-0.3, -0.25) is 14.0 Å². The molecule has 1 amide bonds. The minimum Gasteiger partial charge on any atom is -0.497 e. The molecule has 2 unspecified atom stereocenters. The molecule has 8 nitrogen and oxygen atoms in total. The SMILES string of the molecule is COc1cc(P)c([C@@H]2CN(c3cccn4c(C)nnc34)C(=O)[C@H]2CC(=O)c2ccc(OC(F)F)cc2)c(P)c1. The zero-order valence-electron chi connectivity index (χ0n) is 21.2. The number of rotatable bonds is 8. The first-order valence-corrected chi connectivity index (χ1v) is 13.3. The van der Waals surface area contributed by atoms with Crippen LogP contribution in [0.5, 0.6) is 11.5 Å². The number of halogens is 2. The molecule has 202 valence electrons. The monoisotopic (exact) mass is 570 g/mol. The summed E-state index contributed by atoms with van der Waals surface area (Å²) < 4.78 is 36.7. The third kappa shape index (κ3) is 5.23. The first-order chi connectivity index (χ1) is 18.7. The van der Waals surface area contributed by atoms with Gasteiger partial charge >= 0.3 is 6.61 Å². The minimum absolute atomic E-state index is 0.0437. The highest BCUT2D eigenvalue weighted by molar-refractivity contribution is 7.29. The van der Waals surface area contributed by atoms with Gasteiger partial charge in [0, 0.05) is 30.6 Å². The van der Waals surface area contributed by atoms with Crippen LogP contribution in [0.25, 0.3) is 5.65 Å². The molecule has 0 spiro atoms. The third-order valence-corrected chi connectivity index (χ3v) is 7.91. The highest BCUT2D eigenvalue weighted by Crippen LogP contribution is 2.40. The average Bonchev–Trinajstić information content (AvgIpc) is 3.43. The van der Waals surface area contributed by atoms with E-state index < -0.39 is 12.5 Å². The van der Waals surface area contributed by atoms with Gasteiger partial charge in [-0.2, -0.15) is 8.78 Å². The third-order valence-electron chi connectivity index (χ3n) is 6.95. The number of nitrogens with zero attached hydrogens (tertiary/aromatic N) is 4. The standard InChI is InChI=1S/C27H26F2N4O4P2/c1-14-30-31-25-20(4-3-9-32(14)25)33-13-19(24-22(38)10-17(36-2)11-23(24)39)18(26(33)35)12-21(34)15-5-7-16(8-6-15)37-27(28)29/h3-11,18-19,27H,12-13,38-39H2,1-2H3/t18-,19+/m0/s1. The van der Waals surface area contributed by atoms with E-state index in [0.717, 1.165) is 16.2 Å². The molecule has 2 aromatic heterocycles. The molecule has 0 radical (unpaired) electrons. The summed E-state index contributed by atoms with van der Waals surface area (Å²) in [6.07, 6.45) is 1.77. The predicted molar refractivity (Wildman–Crippen MR) is 150 cm³/mol. The quantitative estimate of drug-likeness (QED) is 0.238. The Hall–Kier alpha value is -3.48. The van der Waals surface area contributed by atoms with Crippen molar-refractivity contribution in [1.29, 1.82) is 0 Å². The van der Waals surface area contributed by atoms with E-state index in [4.69, 9.17) is 4.74 Å². The summed E-state index contributed by atoms with van der Waals surface area (Å²) in [6.45, 7) is -0.797. The van der Waals surface area contributed by atoms with E-state index in [1.54, 1.807) is 12.0 Å². The lowest BCUT2D eigenvalue weighted by Crippen LogP contribution is -2.28. The zero-order chi connectivity index (χ0) is 27.8. The van der Waals surface area contributed by atoms with Crippen LogP contribution in [0.2, 0.25) is 0 Å². The lowest BCUT2D eigenvalue weighted by atomic mass is 9.84. The van der Waals surface area contributed by atoms with Crippen LogP contribution in [0.1, 0.15) is 34.1 Å². The van der Waals surface area contributed by atoms with Crippen molar-refractivity contribution in [2.24, 2.45) is 5.92 Å². The van der Waals surface area contributed by atoms with Gasteiger partial charge in [-0.15, -0.1) is 28.7 Å². The van der Waals surface area contributed by atoms with Crippen LogP contribution < -0.4 is 25.0 Å². The summed E-state index contributed by atoms with van der Waals surface area (Å²) in [7, 11) is 7.01. The van der Waals surface area contributed by atoms with Crippen molar-refractivity contribution >= 4 is 52.1 Å². The number of aromatic nitrogens is 3. The molecule has 39 heavy (non-hydrogen) atoms. The molecule has 4 aromatic rings. The number of aryl methyl sites for hydroxylation is 1. The molecular formula is C27H26F2N4O4P2. The molecule has 12 heteroatoms. The Balaban J connectivity index is 1.53. The number of hydrogen-bond acceptors (Lipinski definition) is 6. The number of ketones is 1. The molecule has 1 aliphatic rings. The molecular weight excluding hydrogens is 544 g/mol. The lowest BCUT2D eigenvalue weighted by Gasteiger charge is -2.21. The van der Waals surface area contributed by atoms with Gasteiger partial charge in [0.05, 0.1) is 18.7 Å². The first-order valence-electron chi connectivity index (χ1n) is 12.1. The molecule has 5 rings (SSSR count). The molecule has 0 N–H and O–H groups in total. The smallest absolute Gasteiger partial charge is 0.387 e. The summed E-state index contributed by atoms with van der Waals surface area (Å²) in [4.78, 5) is 29.0. The number of ether oxygens (including phenoxy) is 2. The number of methoxy groups -OCH3 is 1. The van der Waals surface area contributed by atoms with Gasteiger partial charge < -0.3 is 14.4 Å². The van der Waals surface area contributed by atoms with Crippen LogP contribution in [-0.2, 0) is 4.79 Å². The Morgan fingerprint density at radius 3 is 2.44 bits per heavy atom. The highest BCUT2D eigenvalue weighted by Gasteiger charge is 2.44. The number of pyridine rings is 1. The van der Waals surface area contributed by atoms with E-state index in [-0.39, 0.29) is 29.8 Å². The van der Waals surface area contributed by atoms with Crippen LogP contribution in [0.15, 0.2) is 54.7 Å². The summed E-state index contributed by atoms with van der Waals surface area (Å²) in [5.74, 6) is -0.150. The fourth-order valence-corrected chi connectivity index (χ4v) is 6.37. The number of hydrogen-bond donors (Lipinski definition) is 0. The van der Waals surface area contributed by atoms with Crippen LogP contribution in [-0.4, -0.2) is 46.6 Å². The van der Waals surface area contributed by atoms with Gasteiger partial charge in [-0.05, 0) is 71.6 Å². The zero-order valence-corrected chi connectivity index (χ0v) is 23.5. The molecule has 1 saturated heterocycles. The van der Waals surface area contributed by atoms with Crippen LogP contribution in [0.4, 0.5) is 14.5 Å². The highest BCUT2D eigenvalue weighted by atomic mass is 31.0. The predicted octanol–water partition coefficient (Wildman–Crippen LogP) is 3.67. The normalized spacial score (nSPS) is 17.3. The Bertz CT molecular complexity index is 1540. The van der Waals surface area contributed by atoms with Crippen molar-refractivity contribution in [3.63, 3.8) is 0 Å². The minimum atomic E-state index is -2.96. The average molecular weight is 570 g/mol.